The first-order valence-electron chi connectivity index (χ1n) is 7.26. The Morgan fingerprint density at radius 3 is 2.61 bits per heavy atom. The molecule has 0 aliphatic rings. The van der Waals surface area contributed by atoms with Crippen molar-refractivity contribution in [2.24, 2.45) is 13.0 Å². The van der Waals surface area contributed by atoms with Crippen LogP contribution in [0.25, 0.3) is 0 Å². The molecule has 8 heteroatoms. The molecule has 0 spiro atoms. The lowest BCUT2D eigenvalue weighted by molar-refractivity contribution is -0.144. The number of hydroxylamine groups is 2. The summed E-state index contributed by atoms with van der Waals surface area (Å²) < 4.78 is 40.1. The molecule has 5 nitrogen and oxygen atoms in total. The highest BCUT2D eigenvalue weighted by molar-refractivity contribution is 5.94. The van der Waals surface area contributed by atoms with Crippen molar-refractivity contribution in [2.45, 2.75) is 38.9 Å². The van der Waals surface area contributed by atoms with E-state index in [9.17, 15) is 18.0 Å². The van der Waals surface area contributed by atoms with Gasteiger partial charge in [-0.15, -0.1) is 6.58 Å². The zero-order valence-corrected chi connectivity index (χ0v) is 13.7. The minimum absolute atomic E-state index is 0.0300. The van der Waals surface area contributed by atoms with E-state index in [2.05, 4.69) is 11.7 Å². The smallest absolute Gasteiger partial charge is 0.274 e. The Morgan fingerprint density at radius 1 is 1.57 bits per heavy atom. The molecular weight excluding hydrogens is 311 g/mol. The van der Waals surface area contributed by atoms with Gasteiger partial charge in [0, 0.05) is 13.2 Å². The highest BCUT2D eigenvalue weighted by Gasteiger charge is 2.41. The number of carbonyl (C=O) groups is 1. The fourth-order valence-electron chi connectivity index (χ4n) is 2.52. The molecule has 2 atom stereocenters. The van der Waals surface area contributed by atoms with Gasteiger partial charge >= 0.3 is 6.18 Å². The molecule has 2 unspecified atom stereocenters. The van der Waals surface area contributed by atoms with Crippen LogP contribution < -0.4 is 0 Å². The Hall–Kier alpha value is -1.83. The van der Waals surface area contributed by atoms with E-state index in [1.165, 1.54) is 14.2 Å². The predicted octanol–water partition coefficient (Wildman–Crippen LogP) is 3.43. The minimum atomic E-state index is -4.71. The normalized spacial score (nSPS) is 14.4. The molecule has 1 aromatic heterocycles. The second-order valence-electron chi connectivity index (χ2n) is 5.31. The third-order valence-electron chi connectivity index (χ3n) is 3.77. The van der Waals surface area contributed by atoms with Gasteiger partial charge in [-0.1, -0.05) is 19.4 Å². The van der Waals surface area contributed by atoms with E-state index in [4.69, 9.17) is 4.84 Å². The monoisotopic (exact) mass is 333 g/mol. The average Bonchev–Trinajstić information content (AvgIpc) is 2.87. The quantitative estimate of drug-likeness (QED) is 0.567. The van der Waals surface area contributed by atoms with Crippen molar-refractivity contribution in [1.29, 1.82) is 0 Å². The number of aryl methyl sites for hydroxylation is 1. The molecule has 1 amide bonds. The fourth-order valence-corrected chi connectivity index (χ4v) is 2.52. The molecule has 23 heavy (non-hydrogen) atoms. The largest absolute Gasteiger partial charge is 0.435 e. The SMILES string of the molecule is C=CCC(CC)C(C)N(OC)C(=O)c1cn(C)nc1C(F)(F)F. The minimum Gasteiger partial charge on any atom is -0.274 e. The number of hydrogen-bond acceptors (Lipinski definition) is 3. The molecule has 0 aromatic carbocycles. The van der Waals surface area contributed by atoms with Gasteiger partial charge in [-0.05, 0) is 19.3 Å². The average molecular weight is 333 g/mol. The van der Waals surface area contributed by atoms with Crippen molar-refractivity contribution < 1.29 is 22.8 Å². The number of nitrogens with zero attached hydrogens (tertiary/aromatic N) is 3. The molecule has 0 saturated carbocycles. The molecule has 0 bridgehead atoms. The van der Waals surface area contributed by atoms with Crippen LogP contribution in [0.5, 0.6) is 0 Å². The lowest BCUT2D eigenvalue weighted by atomic mass is 9.94. The number of hydrogen-bond donors (Lipinski definition) is 0. The summed E-state index contributed by atoms with van der Waals surface area (Å²) in [4.78, 5) is 17.6. The second-order valence-corrected chi connectivity index (χ2v) is 5.31. The first-order valence-corrected chi connectivity index (χ1v) is 7.26. The van der Waals surface area contributed by atoms with E-state index >= 15 is 0 Å². The predicted molar refractivity (Wildman–Crippen MR) is 79.4 cm³/mol. The molecule has 0 saturated heterocycles. The summed E-state index contributed by atoms with van der Waals surface area (Å²) in [6, 6.07) is -0.406. The summed E-state index contributed by atoms with van der Waals surface area (Å²) in [5.41, 5.74) is -1.74. The van der Waals surface area contributed by atoms with Gasteiger partial charge in [-0.25, -0.2) is 5.06 Å². The van der Waals surface area contributed by atoms with Crippen molar-refractivity contribution in [1.82, 2.24) is 14.8 Å². The molecule has 0 N–H and O–H groups in total. The van der Waals surface area contributed by atoms with Crippen LogP contribution in [0.4, 0.5) is 13.2 Å². The number of amides is 1. The van der Waals surface area contributed by atoms with Gasteiger partial charge in [0.2, 0.25) is 0 Å². The third kappa shape index (κ3) is 4.34. The van der Waals surface area contributed by atoms with E-state index in [1.807, 2.05) is 6.92 Å². The van der Waals surface area contributed by atoms with Gasteiger partial charge < -0.3 is 0 Å². The number of halogens is 3. The van der Waals surface area contributed by atoms with E-state index in [0.717, 1.165) is 22.4 Å². The molecule has 0 radical (unpaired) electrons. The Morgan fingerprint density at radius 2 is 2.17 bits per heavy atom. The van der Waals surface area contributed by atoms with Crippen molar-refractivity contribution in [3.05, 3.63) is 30.1 Å². The zero-order valence-electron chi connectivity index (χ0n) is 13.7. The summed E-state index contributed by atoms with van der Waals surface area (Å²) in [6.07, 6.45) is -0.573. The Bertz CT molecular complexity index is 555. The molecule has 130 valence electrons. The van der Waals surface area contributed by atoms with Gasteiger partial charge in [0.25, 0.3) is 5.91 Å². The summed E-state index contributed by atoms with van der Waals surface area (Å²) in [7, 11) is 2.60. The number of allylic oxidation sites excluding steroid dienone is 1. The topological polar surface area (TPSA) is 47.4 Å². The summed E-state index contributed by atoms with van der Waals surface area (Å²) in [5.74, 6) is -0.828. The van der Waals surface area contributed by atoms with Crippen LogP contribution in [0.15, 0.2) is 18.9 Å². The van der Waals surface area contributed by atoms with Gasteiger partial charge in [0.05, 0.1) is 18.7 Å². The standard InChI is InChI=1S/C15H22F3N3O2/c1-6-8-11(7-2)10(3)21(23-5)14(22)12-9-20(4)19-13(12)15(16,17)18/h6,9-11H,1,7-8H2,2-5H3. The van der Waals surface area contributed by atoms with Crippen LogP contribution in [-0.2, 0) is 18.1 Å². The summed E-state index contributed by atoms with van der Waals surface area (Å²) in [5, 5.41) is 4.33. The maximum atomic E-state index is 13.0. The summed E-state index contributed by atoms with van der Waals surface area (Å²) in [6.45, 7) is 7.34. The Kier molecular flexibility index (Phi) is 6.37. The molecule has 0 aliphatic heterocycles. The second kappa shape index (κ2) is 7.63. The number of rotatable bonds is 7. The number of aromatic nitrogens is 2. The van der Waals surface area contributed by atoms with Crippen molar-refractivity contribution in [3.8, 4) is 0 Å². The van der Waals surface area contributed by atoms with Crippen LogP contribution in [0.1, 0.15) is 42.7 Å². The first kappa shape index (κ1) is 19.2. The van der Waals surface area contributed by atoms with Crippen molar-refractivity contribution in [2.75, 3.05) is 7.11 Å². The van der Waals surface area contributed by atoms with Crippen LogP contribution in [-0.4, -0.2) is 33.9 Å². The highest BCUT2D eigenvalue weighted by atomic mass is 19.4. The molecule has 1 aromatic rings. The lowest BCUT2D eigenvalue weighted by Gasteiger charge is -2.31. The molecule has 0 aliphatic carbocycles. The Labute approximate surface area is 133 Å². The van der Waals surface area contributed by atoms with Crippen molar-refractivity contribution in [3.63, 3.8) is 0 Å². The van der Waals surface area contributed by atoms with Crippen LogP contribution in [0, 0.1) is 5.92 Å². The van der Waals surface area contributed by atoms with E-state index in [-0.39, 0.29) is 5.92 Å². The zero-order chi connectivity index (χ0) is 17.8. The lowest BCUT2D eigenvalue weighted by Crippen LogP contribution is -2.42. The molecule has 1 heterocycles. The number of alkyl halides is 3. The van der Waals surface area contributed by atoms with E-state index in [0.29, 0.717) is 6.42 Å². The molecular formula is C15H22F3N3O2. The molecule has 0 fully saturated rings. The van der Waals surface area contributed by atoms with Gasteiger partial charge in [0.15, 0.2) is 5.69 Å². The Balaban J connectivity index is 3.17. The maximum Gasteiger partial charge on any atom is 0.435 e. The van der Waals surface area contributed by atoms with Crippen molar-refractivity contribution >= 4 is 5.91 Å². The van der Waals surface area contributed by atoms with E-state index in [1.54, 1.807) is 13.0 Å². The first-order chi connectivity index (χ1) is 10.7. The van der Waals surface area contributed by atoms with Gasteiger partial charge in [0.1, 0.15) is 0 Å². The summed E-state index contributed by atoms with van der Waals surface area (Å²) >= 11 is 0. The maximum absolute atomic E-state index is 13.0. The van der Waals surface area contributed by atoms with Gasteiger partial charge in [-0.3, -0.25) is 14.3 Å². The fraction of sp³-hybridized carbons (Fsp3) is 0.600. The highest BCUT2D eigenvalue weighted by Crippen LogP contribution is 2.32. The molecule has 1 rings (SSSR count). The van der Waals surface area contributed by atoms with Crippen LogP contribution in [0.3, 0.4) is 0 Å². The van der Waals surface area contributed by atoms with Crippen LogP contribution >= 0.6 is 0 Å². The number of carbonyl (C=O) groups excluding carboxylic acids is 1. The van der Waals surface area contributed by atoms with Gasteiger partial charge in [-0.2, -0.15) is 18.3 Å². The third-order valence-corrected chi connectivity index (χ3v) is 3.77. The van der Waals surface area contributed by atoms with Crippen LogP contribution in [0.2, 0.25) is 0 Å². The van der Waals surface area contributed by atoms with E-state index < -0.39 is 29.4 Å².